The lowest BCUT2D eigenvalue weighted by atomic mass is 10.2. The minimum Gasteiger partial charge on any atom is -0.478 e. The summed E-state index contributed by atoms with van der Waals surface area (Å²) in [6, 6.07) is 13.1. The predicted octanol–water partition coefficient (Wildman–Crippen LogP) is 3.75. The van der Waals surface area contributed by atoms with Gasteiger partial charge in [-0.05, 0) is 49.2 Å². The van der Waals surface area contributed by atoms with E-state index in [2.05, 4.69) is 5.32 Å². The van der Waals surface area contributed by atoms with Crippen molar-refractivity contribution < 1.29 is 18.7 Å². The molecule has 2 aromatic carbocycles. The van der Waals surface area contributed by atoms with Crippen molar-refractivity contribution in [2.24, 2.45) is 0 Å². The zero-order valence-corrected chi connectivity index (χ0v) is 14.6. The second-order valence-electron chi connectivity index (χ2n) is 6.13. The average molecular weight is 356 g/mol. The molecular formula is C20H21FN2O3. The largest absolute Gasteiger partial charge is 0.478 e. The normalized spacial score (nSPS) is 15.0. The molecule has 0 radical (unpaired) electrons. The molecule has 1 heterocycles. The zero-order valence-electron chi connectivity index (χ0n) is 14.6. The van der Waals surface area contributed by atoms with Gasteiger partial charge in [-0.15, -0.1) is 0 Å². The van der Waals surface area contributed by atoms with Crippen LogP contribution in [0.15, 0.2) is 48.5 Å². The second-order valence-corrected chi connectivity index (χ2v) is 6.13. The smallest absolute Gasteiger partial charge is 0.265 e. The van der Waals surface area contributed by atoms with Gasteiger partial charge in [0.25, 0.3) is 5.91 Å². The predicted molar refractivity (Wildman–Crippen MR) is 97.8 cm³/mol. The number of hydrogen-bond donors (Lipinski definition) is 1. The van der Waals surface area contributed by atoms with Crippen LogP contribution in [0.1, 0.15) is 26.2 Å². The topological polar surface area (TPSA) is 58.6 Å². The molecule has 136 valence electrons. The number of benzene rings is 2. The van der Waals surface area contributed by atoms with Gasteiger partial charge in [-0.1, -0.05) is 19.1 Å². The second kappa shape index (κ2) is 7.99. The summed E-state index contributed by atoms with van der Waals surface area (Å²) in [6.45, 7) is 2.52. The molecule has 0 aliphatic carbocycles. The van der Waals surface area contributed by atoms with Gasteiger partial charge >= 0.3 is 0 Å². The molecule has 2 aromatic rings. The maximum Gasteiger partial charge on any atom is 0.265 e. The van der Waals surface area contributed by atoms with E-state index in [0.29, 0.717) is 18.5 Å². The molecule has 1 aliphatic rings. The third kappa shape index (κ3) is 4.02. The zero-order chi connectivity index (χ0) is 18.5. The minimum atomic E-state index is -0.799. The number of carbonyl (C=O) groups excluding carboxylic acids is 2. The van der Waals surface area contributed by atoms with Gasteiger partial charge in [-0.25, -0.2) is 4.39 Å². The first-order valence-electron chi connectivity index (χ1n) is 8.71. The Morgan fingerprint density at radius 2 is 1.96 bits per heavy atom. The summed E-state index contributed by atoms with van der Waals surface area (Å²) in [5.41, 5.74) is 1.42. The average Bonchev–Trinajstić information content (AvgIpc) is 3.07. The Morgan fingerprint density at radius 3 is 2.58 bits per heavy atom. The van der Waals surface area contributed by atoms with Crippen LogP contribution >= 0.6 is 0 Å². The van der Waals surface area contributed by atoms with E-state index >= 15 is 0 Å². The van der Waals surface area contributed by atoms with Crippen molar-refractivity contribution >= 4 is 23.2 Å². The number of para-hydroxylation sites is 1. The molecule has 0 spiro atoms. The SMILES string of the molecule is CC[C@H](Oc1ccccc1F)C(=O)Nc1ccc(N2CCCC2=O)cc1. The Bertz CT molecular complexity index is 792. The van der Waals surface area contributed by atoms with Crippen molar-refractivity contribution in [2.75, 3.05) is 16.8 Å². The number of anilines is 2. The number of nitrogens with one attached hydrogen (secondary N) is 1. The maximum absolute atomic E-state index is 13.7. The fourth-order valence-corrected chi connectivity index (χ4v) is 2.88. The summed E-state index contributed by atoms with van der Waals surface area (Å²) >= 11 is 0. The molecular weight excluding hydrogens is 335 g/mol. The highest BCUT2D eigenvalue weighted by atomic mass is 19.1. The van der Waals surface area contributed by atoms with E-state index in [1.807, 2.05) is 0 Å². The third-order valence-electron chi connectivity index (χ3n) is 4.29. The van der Waals surface area contributed by atoms with Crippen LogP contribution in [0.3, 0.4) is 0 Å². The molecule has 0 aromatic heterocycles. The Labute approximate surface area is 151 Å². The van der Waals surface area contributed by atoms with Crippen LogP contribution in [0.4, 0.5) is 15.8 Å². The van der Waals surface area contributed by atoms with Crippen LogP contribution in [0.25, 0.3) is 0 Å². The van der Waals surface area contributed by atoms with E-state index in [9.17, 15) is 14.0 Å². The molecule has 2 amide bonds. The molecule has 26 heavy (non-hydrogen) atoms. The van der Waals surface area contributed by atoms with E-state index in [1.54, 1.807) is 48.2 Å². The number of carbonyl (C=O) groups is 2. The van der Waals surface area contributed by atoms with Crippen molar-refractivity contribution in [1.29, 1.82) is 0 Å². The molecule has 0 bridgehead atoms. The van der Waals surface area contributed by atoms with Gasteiger partial charge in [0.2, 0.25) is 5.91 Å². The van der Waals surface area contributed by atoms with E-state index < -0.39 is 11.9 Å². The fraction of sp³-hybridized carbons (Fsp3) is 0.300. The first kappa shape index (κ1) is 17.9. The molecule has 1 N–H and O–H groups in total. The molecule has 5 nitrogen and oxygen atoms in total. The van der Waals surface area contributed by atoms with E-state index in [4.69, 9.17) is 4.74 Å². The summed E-state index contributed by atoms with van der Waals surface area (Å²) in [5.74, 6) is -0.678. The summed E-state index contributed by atoms with van der Waals surface area (Å²) in [4.78, 5) is 25.9. The molecule has 6 heteroatoms. The lowest BCUT2D eigenvalue weighted by Gasteiger charge is -2.19. The van der Waals surface area contributed by atoms with Crippen molar-refractivity contribution in [3.63, 3.8) is 0 Å². The monoisotopic (exact) mass is 356 g/mol. The molecule has 1 atom stereocenters. The van der Waals surface area contributed by atoms with Crippen molar-refractivity contribution in [3.8, 4) is 5.75 Å². The standard InChI is InChI=1S/C20H21FN2O3/c1-2-17(26-18-7-4-3-6-16(18)21)20(25)22-14-9-11-15(12-10-14)23-13-5-8-19(23)24/h3-4,6-7,9-12,17H,2,5,8,13H2,1H3,(H,22,25)/t17-/m0/s1. The number of rotatable bonds is 6. The van der Waals surface area contributed by atoms with Crippen molar-refractivity contribution in [3.05, 3.63) is 54.3 Å². The Balaban J connectivity index is 1.64. The number of halogens is 1. The Hall–Kier alpha value is -2.89. The third-order valence-corrected chi connectivity index (χ3v) is 4.29. The quantitative estimate of drug-likeness (QED) is 0.858. The fourth-order valence-electron chi connectivity index (χ4n) is 2.88. The summed E-state index contributed by atoms with van der Waals surface area (Å²) in [7, 11) is 0. The lowest BCUT2D eigenvalue weighted by Crippen LogP contribution is -2.32. The summed E-state index contributed by atoms with van der Waals surface area (Å²) < 4.78 is 19.2. The van der Waals surface area contributed by atoms with Crippen LogP contribution in [0, 0.1) is 5.82 Å². The van der Waals surface area contributed by atoms with Gasteiger partial charge in [0.15, 0.2) is 17.7 Å². The minimum absolute atomic E-state index is 0.0531. The van der Waals surface area contributed by atoms with Crippen molar-refractivity contribution in [1.82, 2.24) is 0 Å². The molecule has 1 fully saturated rings. The highest BCUT2D eigenvalue weighted by Crippen LogP contribution is 2.23. The number of nitrogens with zero attached hydrogens (tertiary/aromatic N) is 1. The first-order valence-corrected chi connectivity index (χ1v) is 8.71. The van der Waals surface area contributed by atoms with Gasteiger partial charge < -0.3 is 15.0 Å². The molecule has 0 saturated carbocycles. The molecule has 1 saturated heterocycles. The number of hydrogen-bond acceptors (Lipinski definition) is 3. The van der Waals surface area contributed by atoms with Crippen LogP contribution in [-0.2, 0) is 9.59 Å². The Kier molecular flexibility index (Phi) is 5.51. The van der Waals surface area contributed by atoms with Gasteiger partial charge in [0, 0.05) is 24.3 Å². The highest BCUT2D eigenvalue weighted by molar-refractivity contribution is 5.97. The van der Waals surface area contributed by atoms with E-state index in [0.717, 1.165) is 18.7 Å². The summed E-state index contributed by atoms with van der Waals surface area (Å²) in [5, 5.41) is 2.77. The van der Waals surface area contributed by atoms with Gasteiger partial charge in [0.05, 0.1) is 0 Å². The molecule has 0 unspecified atom stereocenters. The van der Waals surface area contributed by atoms with E-state index in [1.165, 1.54) is 12.1 Å². The first-order chi connectivity index (χ1) is 12.6. The highest BCUT2D eigenvalue weighted by Gasteiger charge is 2.22. The van der Waals surface area contributed by atoms with Crippen LogP contribution < -0.4 is 15.0 Å². The van der Waals surface area contributed by atoms with Gasteiger partial charge in [0.1, 0.15) is 0 Å². The van der Waals surface area contributed by atoms with E-state index in [-0.39, 0.29) is 17.6 Å². The lowest BCUT2D eigenvalue weighted by molar-refractivity contribution is -0.123. The van der Waals surface area contributed by atoms with Crippen LogP contribution in [0.2, 0.25) is 0 Å². The molecule has 3 rings (SSSR count). The number of ether oxygens (including phenoxy) is 1. The Morgan fingerprint density at radius 1 is 1.23 bits per heavy atom. The number of amides is 2. The van der Waals surface area contributed by atoms with Crippen molar-refractivity contribution in [2.45, 2.75) is 32.3 Å². The van der Waals surface area contributed by atoms with Gasteiger partial charge in [-0.2, -0.15) is 0 Å². The van der Waals surface area contributed by atoms with Crippen LogP contribution in [0.5, 0.6) is 5.75 Å². The van der Waals surface area contributed by atoms with Crippen LogP contribution in [-0.4, -0.2) is 24.5 Å². The molecule has 1 aliphatic heterocycles. The van der Waals surface area contributed by atoms with Gasteiger partial charge in [-0.3, -0.25) is 9.59 Å². The maximum atomic E-state index is 13.7. The summed E-state index contributed by atoms with van der Waals surface area (Å²) in [6.07, 6.45) is 1.04.